The molecule has 0 radical (unpaired) electrons. The van der Waals surface area contributed by atoms with E-state index in [-0.39, 0.29) is 5.56 Å². The summed E-state index contributed by atoms with van der Waals surface area (Å²) in [6.07, 6.45) is 5.31. The number of hydrogen-bond donors (Lipinski definition) is 1. The van der Waals surface area contributed by atoms with E-state index in [2.05, 4.69) is 21.8 Å². The summed E-state index contributed by atoms with van der Waals surface area (Å²) < 4.78 is 0. The molecule has 0 aromatic carbocycles. The van der Waals surface area contributed by atoms with Crippen LogP contribution in [-0.4, -0.2) is 54.2 Å². The van der Waals surface area contributed by atoms with E-state index in [1.54, 1.807) is 12.3 Å². The zero-order valence-corrected chi connectivity index (χ0v) is 10.8. The second kappa shape index (κ2) is 5.35. The number of hydrogen-bond acceptors (Lipinski definition) is 4. The molecule has 1 fully saturated rings. The Kier molecular flexibility index (Phi) is 3.81. The first-order chi connectivity index (χ1) is 8.58. The van der Waals surface area contributed by atoms with E-state index in [1.165, 1.54) is 6.20 Å². The highest BCUT2D eigenvalue weighted by Crippen LogP contribution is 2.21. The summed E-state index contributed by atoms with van der Waals surface area (Å²) in [5.74, 6) is -0.930. The summed E-state index contributed by atoms with van der Waals surface area (Å²) in [7, 11) is 4.14. The minimum Gasteiger partial charge on any atom is -0.478 e. The quantitative estimate of drug-likeness (QED) is 0.875. The van der Waals surface area contributed by atoms with Crippen LogP contribution >= 0.6 is 0 Å². The second-order valence-electron chi connectivity index (χ2n) is 4.88. The maximum Gasteiger partial charge on any atom is 0.337 e. The average molecular weight is 249 g/mol. The summed E-state index contributed by atoms with van der Waals surface area (Å²) in [6.45, 7) is 2.17. The predicted molar refractivity (Wildman–Crippen MR) is 70.1 cm³/mol. The third kappa shape index (κ3) is 2.79. The summed E-state index contributed by atoms with van der Waals surface area (Å²) in [5.41, 5.74) is 1.12. The molecule has 1 aliphatic rings. The molecular weight excluding hydrogens is 230 g/mol. The van der Waals surface area contributed by atoms with Crippen molar-refractivity contribution in [1.29, 1.82) is 0 Å². The zero-order chi connectivity index (χ0) is 13.1. The Morgan fingerprint density at radius 3 is 2.72 bits per heavy atom. The normalized spacial score (nSPS) is 17.7. The van der Waals surface area contributed by atoms with Gasteiger partial charge in [-0.15, -0.1) is 0 Å². The van der Waals surface area contributed by atoms with Gasteiger partial charge in [0.05, 0.1) is 17.4 Å². The van der Waals surface area contributed by atoms with Gasteiger partial charge in [0.2, 0.25) is 0 Å². The number of carboxylic acids is 1. The molecule has 1 aromatic heterocycles. The van der Waals surface area contributed by atoms with Gasteiger partial charge in [0.1, 0.15) is 0 Å². The van der Waals surface area contributed by atoms with Gasteiger partial charge in [-0.3, -0.25) is 4.98 Å². The Labute approximate surface area is 107 Å². The first kappa shape index (κ1) is 12.8. The minimum atomic E-state index is -0.930. The molecule has 1 aliphatic heterocycles. The second-order valence-corrected chi connectivity index (χ2v) is 4.88. The Morgan fingerprint density at radius 2 is 2.11 bits per heavy atom. The topological polar surface area (TPSA) is 56.7 Å². The maximum atomic E-state index is 10.9. The van der Waals surface area contributed by atoms with Crippen LogP contribution in [0.4, 0.5) is 5.69 Å². The van der Waals surface area contributed by atoms with Crippen molar-refractivity contribution in [2.24, 2.45) is 0 Å². The van der Waals surface area contributed by atoms with E-state index in [0.29, 0.717) is 6.04 Å². The lowest BCUT2D eigenvalue weighted by Gasteiger charge is -2.36. The van der Waals surface area contributed by atoms with E-state index < -0.39 is 5.97 Å². The fourth-order valence-electron chi connectivity index (χ4n) is 2.33. The molecule has 1 N–H and O–H groups in total. The zero-order valence-electron chi connectivity index (χ0n) is 10.8. The van der Waals surface area contributed by atoms with Gasteiger partial charge in [-0.05, 0) is 39.0 Å². The van der Waals surface area contributed by atoms with Crippen LogP contribution in [0, 0.1) is 0 Å². The van der Waals surface area contributed by atoms with Gasteiger partial charge < -0.3 is 14.9 Å². The van der Waals surface area contributed by atoms with E-state index in [0.717, 1.165) is 31.6 Å². The van der Waals surface area contributed by atoms with Crippen LogP contribution in [0.1, 0.15) is 23.2 Å². The fourth-order valence-corrected chi connectivity index (χ4v) is 2.33. The van der Waals surface area contributed by atoms with Gasteiger partial charge >= 0.3 is 5.97 Å². The molecule has 0 aliphatic carbocycles. The molecule has 0 saturated carbocycles. The third-order valence-corrected chi connectivity index (χ3v) is 3.61. The molecular formula is C13H19N3O2. The van der Waals surface area contributed by atoms with Gasteiger partial charge in [-0.1, -0.05) is 0 Å². The fraction of sp³-hybridized carbons (Fsp3) is 0.538. The van der Waals surface area contributed by atoms with Crippen LogP contribution < -0.4 is 4.90 Å². The monoisotopic (exact) mass is 249 g/mol. The van der Waals surface area contributed by atoms with Crippen LogP contribution in [0.5, 0.6) is 0 Å². The highest BCUT2D eigenvalue weighted by Gasteiger charge is 2.21. The number of anilines is 1. The summed E-state index contributed by atoms with van der Waals surface area (Å²) in [5, 5.41) is 8.97. The van der Waals surface area contributed by atoms with Gasteiger partial charge in [0, 0.05) is 19.3 Å². The van der Waals surface area contributed by atoms with Crippen molar-refractivity contribution < 1.29 is 9.90 Å². The molecule has 18 heavy (non-hydrogen) atoms. The predicted octanol–water partition coefficient (Wildman–Crippen LogP) is 1.31. The van der Waals surface area contributed by atoms with Crippen molar-refractivity contribution in [3.63, 3.8) is 0 Å². The molecule has 0 unspecified atom stereocenters. The number of aromatic carboxylic acids is 1. The summed E-state index contributed by atoms with van der Waals surface area (Å²) in [4.78, 5) is 19.4. The van der Waals surface area contributed by atoms with Crippen LogP contribution in [-0.2, 0) is 0 Å². The van der Waals surface area contributed by atoms with Crippen molar-refractivity contribution in [2.75, 3.05) is 32.1 Å². The maximum absolute atomic E-state index is 10.9. The smallest absolute Gasteiger partial charge is 0.337 e. The van der Waals surface area contributed by atoms with Crippen LogP contribution in [0.2, 0.25) is 0 Å². The lowest BCUT2D eigenvalue weighted by atomic mass is 10.0. The van der Waals surface area contributed by atoms with E-state index in [9.17, 15) is 4.79 Å². The first-order valence-corrected chi connectivity index (χ1v) is 6.17. The average Bonchev–Trinajstić information content (AvgIpc) is 2.39. The first-order valence-electron chi connectivity index (χ1n) is 6.17. The van der Waals surface area contributed by atoms with Crippen molar-refractivity contribution in [2.45, 2.75) is 18.9 Å². The van der Waals surface area contributed by atoms with Crippen molar-refractivity contribution in [3.8, 4) is 0 Å². The van der Waals surface area contributed by atoms with Crippen LogP contribution in [0.15, 0.2) is 18.5 Å². The third-order valence-electron chi connectivity index (χ3n) is 3.61. The van der Waals surface area contributed by atoms with Crippen molar-refractivity contribution in [3.05, 3.63) is 24.0 Å². The number of likely N-dealkylation sites (tertiary alicyclic amines) is 1. The largest absolute Gasteiger partial charge is 0.478 e. The number of pyridine rings is 1. The number of piperidine rings is 1. The number of rotatable bonds is 3. The van der Waals surface area contributed by atoms with Crippen molar-refractivity contribution >= 4 is 11.7 Å². The van der Waals surface area contributed by atoms with E-state index in [1.807, 2.05) is 7.05 Å². The number of aromatic nitrogens is 1. The standard InChI is InChI=1S/C13H19N3O2/c1-15-5-3-11(4-6-15)16(2)12-7-10(13(17)18)8-14-9-12/h7-9,11H,3-6H2,1-2H3,(H,17,18). The highest BCUT2D eigenvalue weighted by atomic mass is 16.4. The SMILES string of the molecule is CN1CCC(N(C)c2cncc(C(=O)O)c2)CC1. The molecule has 0 atom stereocenters. The minimum absolute atomic E-state index is 0.243. The Hall–Kier alpha value is -1.62. The lowest BCUT2D eigenvalue weighted by molar-refractivity contribution is 0.0696. The molecule has 0 amide bonds. The summed E-state index contributed by atoms with van der Waals surface area (Å²) >= 11 is 0. The van der Waals surface area contributed by atoms with Crippen molar-refractivity contribution in [1.82, 2.24) is 9.88 Å². The number of carboxylic acid groups (broad SMARTS) is 1. The van der Waals surface area contributed by atoms with Gasteiger partial charge in [-0.25, -0.2) is 4.79 Å². The molecule has 98 valence electrons. The molecule has 0 spiro atoms. The number of carbonyl (C=O) groups is 1. The number of nitrogens with zero attached hydrogens (tertiary/aromatic N) is 3. The van der Waals surface area contributed by atoms with Gasteiger partial charge in [-0.2, -0.15) is 0 Å². The van der Waals surface area contributed by atoms with Gasteiger partial charge in [0.15, 0.2) is 0 Å². The highest BCUT2D eigenvalue weighted by molar-refractivity contribution is 5.88. The molecule has 1 aromatic rings. The molecule has 1 saturated heterocycles. The Morgan fingerprint density at radius 1 is 1.44 bits per heavy atom. The molecule has 5 nitrogen and oxygen atoms in total. The Bertz CT molecular complexity index is 428. The van der Waals surface area contributed by atoms with E-state index >= 15 is 0 Å². The van der Waals surface area contributed by atoms with E-state index in [4.69, 9.17) is 5.11 Å². The molecule has 0 bridgehead atoms. The molecule has 5 heteroatoms. The van der Waals surface area contributed by atoms with Gasteiger partial charge in [0.25, 0.3) is 0 Å². The lowest BCUT2D eigenvalue weighted by Crippen LogP contribution is -2.42. The van der Waals surface area contributed by atoms with Crippen LogP contribution in [0.3, 0.4) is 0 Å². The van der Waals surface area contributed by atoms with Crippen LogP contribution in [0.25, 0.3) is 0 Å². The summed E-state index contributed by atoms with van der Waals surface area (Å²) in [6, 6.07) is 2.15. The Balaban J connectivity index is 2.10. The molecule has 2 rings (SSSR count). The molecule has 2 heterocycles.